The number of Topliss-reactive ketones (excluding diaryl/α,β-unsaturated/α-hetero) is 1. The van der Waals surface area contributed by atoms with Gasteiger partial charge in [0.15, 0.2) is 10.6 Å². The molecule has 1 nitrogen and oxygen atoms in total. The largest absolute Gasteiger partial charge is 0.296 e. The first-order valence-electron chi connectivity index (χ1n) is 5.86. The zero-order valence-corrected chi connectivity index (χ0v) is 11.5. The molecule has 0 aliphatic rings. The van der Waals surface area contributed by atoms with Gasteiger partial charge in [-0.2, -0.15) is 0 Å². The van der Waals surface area contributed by atoms with Crippen LogP contribution in [0.25, 0.3) is 0 Å². The molecule has 0 aromatic heterocycles. The van der Waals surface area contributed by atoms with Gasteiger partial charge < -0.3 is 0 Å². The number of carbonyl (C=O) groups excluding carboxylic acids is 1. The lowest BCUT2D eigenvalue weighted by Crippen LogP contribution is -2.34. The summed E-state index contributed by atoms with van der Waals surface area (Å²) in [5.74, 6) is 0.00642. The molecule has 0 aromatic rings. The number of hydrogen-bond donors (Lipinski definition) is 0. The van der Waals surface area contributed by atoms with Crippen LogP contribution >= 0.6 is 23.2 Å². The fourth-order valence-electron chi connectivity index (χ4n) is 2.02. The van der Waals surface area contributed by atoms with Gasteiger partial charge in [-0.05, 0) is 19.3 Å². The zero-order valence-electron chi connectivity index (χ0n) is 9.98. The Bertz CT molecular complexity index is 186. The summed E-state index contributed by atoms with van der Waals surface area (Å²) in [6.45, 7) is 6.25. The number of carbonyl (C=O) groups is 1. The van der Waals surface area contributed by atoms with E-state index in [1.807, 2.05) is 13.8 Å². The quantitative estimate of drug-likeness (QED) is 0.450. The Morgan fingerprint density at radius 3 is 2.00 bits per heavy atom. The minimum absolute atomic E-state index is 0.00642. The molecule has 0 N–H and O–H groups in total. The van der Waals surface area contributed by atoms with Gasteiger partial charge in [0.25, 0.3) is 0 Å². The van der Waals surface area contributed by atoms with Gasteiger partial charge in [0.05, 0.1) is 0 Å². The molecular weight excluding hydrogens is 231 g/mol. The zero-order chi connectivity index (χ0) is 11.9. The van der Waals surface area contributed by atoms with Crippen molar-refractivity contribution in [2.24, 2.45) is 5.41 Å². The van der Waals surface area contributed by atoms with E-state index in [0.29, 0.717) is 0 Å². The fraction of sp³-hybridized carbons (Fsp3) is 0.917. The van der Waals surface area contributed by atoms with Gasteiger partial charge in [-0.1, -0.05) is 63.2 Å². The van der Waals surface area contributed by atoms with E-state index in [2.05, 4.69) is 6.92 Å². The second kappa shape index (κ2) is 7.51. The molecular formula is C12H22Cl2O. The standard InChI is InChI=1S/C12H22Cl2O/c1-4-7-8-9-12(5-2,6-3)10(15)11(13)14/h11H,4-9H2,1-3H3. The summed E-state index contributed by atoms with van der Waals surface area (Å²) in [4.78, 5) is 11.1. The Kier molecular flexibility index (Phi) is 7.64. The average Bonchev–Trinajstić information content (AvgIpc) is 2.24. The Balaban J connectivity index is 4.49. The SMILES string of the molecule is CCCCCC(CC)(CC)C(=O)C(Cl)Cl. The molecule has 3 heteroatoms. The molecule has 0 saturated heterocycles. The van der Waals surface area contributed by atoms with Crippen molar-refractivity contribution in [2.75, 3.05) is 0 Å². The lowest BCUT2D eigenvalue weighted by atomic mass is 9.74. The Labute approximate surface area is 104 Å². The first-order chi connectivity index (χ1) is 7.04. The predicted octanol–water partition coefficient (Wildman–Crippen LogP) is 4.75. The molecule has 0 bridgehead atoms. The summed E-state index contributed by atoms with van der Waals surface area (Å²) in [7, 11) is 0. The molecule has 0 fully saturated rings. The normalized spacial score (nSPS) is 12.1. The highest BCUT2D eigenvalue weighted by atomic mass is 35.5. The number of alkyl halides is 2. The van der Waals surface area contributed by atoms with Crippen LogP contribution < -0.4 is 0 Å². The van der Waals surface area contributed by atoms with E-state index in [0.717, 1.165) is 25.7 Å². The van der Waals surface area contributed by atoms with Gasteiger partial charge >= 0.3 is 0 Å². The van der Waals surface area contributed by atoms with Crippen molar-refractivity contribution in [1.82, 2.24) is 0 Å². The average molecular weight is 253 g/mol. The minimum atomic E-state index is -0.869. The van der Waals surface area contributed by atoms with Crippen LogP contribution in [0.2, 0.25) is 0 Å². The van der Waals surface area contributed by atoms with Crippen LogP contribution in [0.1, 0.15) is 59.3 Å². The highest BCUT2D eigenvalue weighted by molar-refractivity contribution is 6.54. The summed E-state index contributed by atoms with van der Waals surface area (Å²) in [6, 6.07) is 0. The third-order valence-electron chi connectivity index (χ3n) is 3.33. The molecule has 15 heavy (non-hydrogen) atoms. The monoisotopic (exact) mass is 252 g/mol. The van der Waals surface area contributed by atoms with E-state index in [-0.39, 0.29) is 11.2 Å². The fourth-order valence-corrected chi connectivity index (χ4v) is 2.48. The van der Waals surface area contributed by atoms with Crippen LogP contribution in [0.15, 0.2) is 0 Å². The molecule has 90 valence electrons. The Morgan fingerprint density at radius 2 is 1.67 bits per heavy atom. The number of hydrogen-bond acceptors (Lipinski definition) is 1. The molecule has 0 unspecified atom stereocenters. The van der Waals surface area contributed by atoms with Crippen molar-refractivity contribution in [1.29, 1.82) is 0 Å². The van der Waals surface area contributed by atoms with E-state index in [9.17, 15) is 4.79 Å². The molecule has 0 aromatic carbocycles. The van der Waals surface area contributed by atoms with Crippen molar-refractivity contribution < 1.29 is 4.79 Å². The Hall–Kier alpha value is 0.250. The van der Waals surface area contributed by atoms with E-state index < -0.39 is 4.84 Å². The molecule has 0 saturated carbocycles. The summed E-state index contributed by atoms with van der Waals surface area (Å²) in [5, 5.41) is 0. The lowest BCUT2D eigenvalue weighted by molar-refractivity contribution is -0.128. The molecule has 0 aliphatic heterocycles. The van der Waals surface area contributed by atoms with E-state index in [1.54, 1.807) is 0 Å². The maximum atomic E-state index is 12.0. The topological polar surface area (TPSA) is 17.1 Å². The van der Waals surface area contributed by atoms with Gasteiger partial charge in [-0.3, -0.25) is 4.79 Å². The number of rotatable bonds is 8. The van der Waals surface area contributed by atoms with Crippen molar-refractivity contribution in [3.8, 4) is 0 Å². The molecule has 0 rings (SSSR count). The van der Waals surface area contributed by atoms with Gasteiger partial charge in [0, 0.05) is 5.41 Å². The van der Waals surface area contributed by atoms with Crippen LogP contribution in [-0.2, 0) is 4.79 Å². The van der Waals surface area contributed by atoms with Gasteiger partial charge in [0.1, 0.15) is 0 Å². The summed E-state index contributed by atoms with van der Waals surface area (Å²) >= 11 is 11.4. The van der Waals surface area contributed by atoms with Crippen LogP contribution in [0, 0.1) is 5.41 Å². The molecule has 0 radical (unpaired) electrons. The molecule has 0 spiro atoms. The highest BCUT2D eigenvalue weighted by Gasteiger charge is 2.36. The smallest absolute Gasteiger partial charge is 0.171 e. The number of ketones is 1. The maximum Gasteiger partial charge on any atom is 0.171 e. The van der Waals surface area contributed by atoms with E-state index in [4.69, 9.17) is 23.2 Å². The predicted molar refractivity (Wildman–Crippen MR) is 67.7 cm³/mol. The van der Waals surface area contributed by atoms with Crippen LogP contribution in [0.3, 0.4) is 0 Å². The van der Waals surface area contributed by atoms with Gasteiger partial charge in [-0.25, -0.2) is 0 Å². The molecule has 0 heterocycles. The molecule has 0 atom stereocenters. The first-order valence-corrected chi connectivity index (χ1v) is 6.73. The van der Waals surface area contributed by atoms with Gasteiger partial charge in [0.2, 0.25) is 0 Å². The van der Waals surface area contributed by atoms with Crippen LogP contribution in [-0.4, -0.2) is 10.6 Å². The molecule has 0 amide bonds. The summed E-state index contributed by atoms with van der Waals surface area (Å²) < 4.78 is 0. The first kappa shape index (κ1) is 15.2. The maximum absolute atomic E-state index is 12.0. The number of unbranched alkanes of at least 4 members (excludes halogenated alkanes) is 2. The summed E-state index contributed by atoms with van der Waals surface area (Å²) in [5.41, 5.74) is -0.288. The lowest BCUT2D eigenvalue weighted by Gasteiger charge is -2.30. The Morgan fingerprint density at radius 1 is 1.13 bits per heavy atom. The van der Waals surface area contributed by atoms with Crippen molar-refractivity contribution in [2.45, 2.75) is 64.1 Å². The van der Waals surface area contributed by atoms with Crippen molar-refractivity contribution >= 4 is 29.0 Å². The number of halogens is 2. The van der Waals surface area contributed by atoms with E-state index in [1.165, 1.54) is 12.8 Å². The second-order valence-electron chi connectivity index (χ2n) is 4.11. The third kappa shape index (κ3) is 4.32. The van der Waals surface area contributed by atoms with Crippen molar-refractivity contribution in [3.63, 3.8) is 0 Å². The highest BCUT2D eigenvalue weighted by Crippen LogP contribution is 2.36. The third-order valence-corrected chi connectivity index (χ3v) is 3.73. The van der Waals surface area contributed by atoms with Crippen LogP contribution in [0.4, 0.5) is 0 Å². The van der Waals surface area contributed by atoms with Crippen molar-refractivity contribution in [3.05, 3.63) is 0 Å². The van der Waals surface area contributed by atoms with E-state index >= 15 is 0 Å². The van der Waals surface area contributed by atoms with Gasteiger partial charge in [-0.15, -0.1) is 0 Å². The molecule has 0 aliphatic carbocycles. The van der Waals surface area contributed by atoms with Crippen LogP contribution in [0.5, 0.6) is 0 Å². The second-order valence-corrected chi connectivity index (χ2v) is 5.21. The summed E-state index contributed by atoms with van der Waals surface area (Å²) in [6.07, 6.45) is 6.02. The minimum Gasteiger partial charge on any atom is -0.296 e.